The standard InChI is InChI=1S/C15H18N2O3/c18-13-9-16-15(19)14(11-5-2-1-3-6-11)17(13)12-7-4-8-20-10-12/h1-3,5-6,12,14H,4,7-10H2,(H,16,19). The summed E-state index contributed by atoms with van der Waals surface area (Å²) in [6.07, 6.45) is 1.82. The number of nitrogens with zero attached hydrogens (tertiary/aromatic N) is 1. The molecular formula is C15H18N2O3. The summed E-state index contributed by atoms with van der Waals surface area (Å²) in [4.78, 5) is 26.2. The second-order valence-electron chi connectivity index (χ2n) is 5.20. The molecule has 2 aliphatic rings. The van der Waals surface area contributed by atoms with Crippen molar-refractivity contribution < 1.29 is 14.3 Å². The van der Waals surface area contributed by atoms with Crippen molar-refractivity contribution in [1.82, 2.24) is 10.2 Å². The molecule has 0 saturated carbocycles. The Morgan fingerprint density at radius 1 is 1.20 bits per heavy atom. The Labute approximate surface area is 117 Å². The summed E-state index contributed by atoms with van der Waals surface area (Å²) in [5, 5.41) is 2.68. The van der Waals surface area contributed by atoms with Gasteiger partial charge in [0.15, 0.2) is 0 Å². The molecule has 2 aliphatic heterocycles. The van der Waals surface area contributed by atoms with E-state index in [2.05, 4.69) is 5.32 Å². The number of benzene rings is 1. The first kappa shape index (κ1) is 13.1. The van der Waals surface area contributed by atoms with E-state index in [-0.39, 0.29) is 24.4 Å². The molecule has 106 valence electrons. The highest BCUT2D eigenvalue weighted by Gasteiger charge is 2.40. The number of hydrogen-bond acceptors (Lipinski definition) is 3. The Hall–Kier alpha value is -1.88. The van der Waals surface area contributed by atoms with Crippen LogP contribution in [0.15, 0.2) is 30.3 Å². The molecule has 2 atom stereocenters. The highest BCUT2D eigenvalue weighted by atomic mass is 16.5. The second-order valence-corrected chi connectivity index (χ2v) is 5.20. The Morgan fingerprint density at radius 2 is 2.00 bits per heavy atom. The smallest absolute Gasteiger partial charge is 0.247 e. The van der Waals surface area contributed by atoms with E-state index in [9.17, 15) is 9.59 Å². The van der Waals surface area contributed by atoms with Gasteiger partial charge in [0.1, 0.15) is 6.04 Å². The van der Waals surface area contributed by atoms with Gasteiger partial charge in [-0.3, -0.25) is 9.59 Å². The zero-order chi connectivity index (χ0) is 13.9. The number of nitrogens with one attached hydrogen (secondary N) is 1. The van der Waals surface area contributed by atoms with Crippen molar-refractivity contribution in [2.75, 3.05) is 19.8 Å². The number of ether oxygens (including phenoxy) is 1. The van der Waals surface area contributed by atoms with Crippen molar-refractivity contribution in [3.63, 3.8) is 0 Å². The Balaban J connectivity index is 1.93. The third-order valence-electron chi connectivity index (χ3n) is 3.87. The number of carbonyl (C=O) groups excluding carboxylic acids is 2. The molecule has 0 spiro atoms. The van der Waals surface area contributed by atoms with Gasteiger partial charge in [-0.1, -0.05) is 30.3 Å². The van der Waals surface area contributed by atoms with Gasteiger partial charge in [0, 0.05) is 6.61 Å². The number of amides is 2. The summed E-state index contributed by atoms with van der Waals surface area (Å²) >= 11 is 0. The Morgan fingerprint density at radius 3 is 2.70 bits per heavy atom. The molecule has 1 aromatic rings. The molecule has 0 radical (unpaired) electrons. The molecule has 1 aromatic carbocycles. The molecule has 5 nitrogen and oxygen atoms in total. The maximum atomic E-state index is 12.3. The Bertz CT molecular complexity index is 497. The maximum Gasteiger partial charge on any atom is 0.247 e. The average molecular weight is 274 g/mol. The molecular weight excluding hydrogens is 256 g/mol. The number of rotatable bonds is 2. The van der Waals surface area contributed by atoms with Crippen LogP contribution in [-0.4, -0.2) is 42.5 Å². The van der Waals surface area contributed by atoms with Crippen LogP contribution < -0.4 is 5.32 Å². The number of piperazine rings is 1. The molecule has 0 bridgehead atoms. The lowest BCUT2D eigenvalue weighted by molar-refractivity contribution is -0.151. The molecule has 1 N–H and O–H groups in total. The van der Waals surface area contributed by atoms with Gasteiger partial charge in [0.25, 0.3) is 0 Å². The summed E-state index contributed by atoms with van der Waals surface area (Å²) < 4.78 is 5.48. The number of hydrogen-bond donors (Lipinski definition) is 1. The van der Waals surface area contributed by atoms with E-state index < -0.39 is 6.04 Å². The zero-order valence-electron chi connectivity index (χ0n) is 11.2. The normalized spacial score (nSPS) is 27.3. The summed E-state index contributed by atoms with van der Waals surface area (Å²) in [5.74, 6) is -0.143. The lowest BCUT2D eigenvalue weighted by atomic mass is 9.98. The van der Waals surface area contributed by atoms with Crippen molar-refractivity contribution in [2.24, 2.45) is 0 Å². The zero-order valence-corrected chi connectivity index (χ0v) is 11.2. The van der Waals surface area contributed by atoms with Crippen molar-refractivity contribution in [3.8, 4) is 0 Å². The van der Waals surface area contributed by atoms with Gasteiger partial charge in [-0.25, -0.2) is 0 Å². The van der Waals surface area contributed by atoms with Crippen LogP contribution in [0.1, 0.15) is 24.4 Å². The molecule has 5 heteroatoms. The minimum absolute atomic E-state index is 0.00694. The SMILES string of the molecule is O=C1NCC(=O)N(C2CCCOC2)C1c1ccccc1. The van der Waals surface area contributed by atoms with E-state index in [1.807, 2.05) is 30.3 Å². The van der Waals surface area contributed by atoms with Gasteiger partial charge >= 0.3 is 0 Å². The third-order valence-corrected chi connectivity index (χ3v) is 3.87. The van der Waals surface area contributed by atoms with E-state index in [4.69, 9.17) is 4.74 Å². The lowest BCUT2D eigenvalue weighted by Gasteiger charge is -2.41. The summed E-state index contributed by atoms with van der Waals surface area (Å²) in [6.45, 7) is 1.34. The first-order valence-electron chi connectivity index (χ1n) is 6.99. The van der Waals surface area contributed by atoms with Gasteiger partial charge in [-0.2, -0.15) is 0 Å². The largest absolute Gasteiger partial charge is 0.379 e. The predicted molar refractivity (Wildman–Crippen MR) is 72.9 cm³/mol. The van der Waals surface area contributed by atoms with Crippen molar-refractivity contribution in [2.45, 2.75) is 24.9 Å². The summed E-state index contributed by atoms with van der Waals surface area (Å²) in [7, 11) is 0. The van der Waals surface area contributed by atoms with Gasteiger partial charge in [0.05, 0.1) is 19.2 Å². The molecule has 20 heavy (non-hydrogen) atoms. The van der Waals surface area contributed by atoms with Crippen LogP contribution in [-0.2, 0) is 14.3 Å². The minimum Gasteiger partial charge on any atom is -0.379 e. The van der Waals surface area contributed by atoms with Crippen LogP contribution in [0.2, 0.25) is 0 Å². The van der Waals surface area contributed by atoms with Crippen LogP contribution in [0, 0.1) is 0 Å². The minimum atomic E-state index is -0.538. The van der Waals surface area contributed by atoms with Crippen LogP contribution in [0.4, 0.5) is 0 Å². The van der Waals surface area contributed by atoms with Crippen LogP contribution >= 0.6 is 0 Å². The fourth-order valence-electron chi connectivity index (χ4n) is 2.93. The van der Waals surface area contributed by atoms with E-state index >= 15 is 0 Å². The van der Waals surface area contributed by atoms with Crippen molar-refractivity contribution in [1.29, 1.82) is 0 Å². The predicted octanol–water partition coefficient (Wildman–Crippen LogP) is 0.865. The van der Waals surface area contributed by atoms with Gasteiger partial charge < -0.3 is 15.0 Å². The first-order valence-corrected chi connectivity index (χ1v) is 6.99. The van der Waals surface area contributed by atoms with E-state index in [0.29, 0.717) is 6.61 Å². The van der Waals surface area contributed by atoms with E-state index in [0.717, 1.165) is 25.0 Å². The molecule has 2 saturated heterocycles. The molecule has 2 heterocycles. The molecule has 2 fully saturated rings. The van der Waals surface area contributed by atoms with Gasteiger partial charge in [-0.15, -0.1) is 0 Å². The quantitative estimate of drug-likeness (QED) is 0.870. The van der Waals surface area contributed by atoms with Crippen LogP contribution in [0.25, 0.3) is 0 Å². The summed E-state index contributed by atoms with van der Waals surface area (Å²) in [5.41, 5.74) is 0.851. The highest BCUT2D eigenvalue weighted by molar-refractivity contribution is 5.95. The Kier molecular flexibility index (Phi) is 3.69. The average Bonchev–Trinajstić information content (AvgIpc) is 2.51. The molecule has 2 amide bonds. The molecule has 0 aliphatic carbocycles. The van der Waals surface area contributed by atoms with E-state index in [1.54, 1.807) is 4.90 Å². The fraction of sp³-hybridized carbons (Fsp3) is 0.467. The summed E-state index contributed by atoms with van der Waals surface area (Å²) in [6, 6.07) is 8.91. The first-order chi connectivity index (χ1) is 9.77. The molecule has 0 aromatic heterocycles. The van der Waals surface area contributed by atoms with Gasteiger partial charge in [0.2, 0.25) is 11.8 Å². The second kappa shape index (κ2) is 5.63. The maximum absolute atomic E-state index is 12.3. The molecule has 2 unspecified atom stereocenters. The monoisotopic (exact) mass is 274 g/mol. The lowest BCUT2D eigenvalue weighted by Crippen LogP contribution is -2.58. The topological polar surface area (TPSA) is 58.6 Å². The van der Waals surface area contributed by atoms with Crippen molar-refractivity contribution >= 4 is 11.8 Å². The van der Waals surface area contributed by atoms with Gasteiger partial charge in [-0.05, 0) is 18.4 Å². The number of carbonyl (C=O) groups is 2. The fourth-order valence-corrected chi connectivity index (χ4v) is 2.93. The van der Waals surface area contributed by atoms with Crippen molar-refractivity contribution in [3.05, 3.63) is 35.9 Å². The molecule has 3 rings (SSSR count). The van der Waals surface area contributed by atoms with E-state index in [1.165, 1.54) is 0 Å². The van der Waals surface area contributed by atoms with Crippen LogP contribution in [0.3, 0.4) is 0 Å². The highest BCUT2D eigenvalue weighted by Crippen LogP contribution is 2.28. The van der Waals surface area contributed by atoms with Crippen LogP contribution in [0.5, 0.6) is 0 Å². The third kappa shape index (κ3) is 2.41.